The van der Waals surface area contributed by atoms with Crippen LogP contribution in [0.5, 0.6) is 5.75 Å². The van der Waals surface area contributed by atoms with Gasteiger partial charge >= 0.3 is 6.36 Å². The van der Waals surface area contributed by atoms with Crippen LogP contribution in [-0.2, 0) is 25.8 Å². The van der Waals surface area contributed by atoms with E-state index >= 15 is 0 Å². The molecule has 10 heteroatoms. The van der Waals surface area contributed by atoms with Crippen LogP contribution in [0.4, 0.5) is 24.7 Å². The van der Waals surface area contributed by atoms with Crippen LogP contribution in [0.15, 0.2) is 54.6 Å². The van der Waals surface area contributed by atoms with Gasteiger partial charge in [-0.3, -0.25) is 4.79 Å². The van der Waals surface area contributed by atoms with Gasteiger partial charge in [-0.05, 0) is 79.8 Å². The van der Waals surface area contributed by atoms with Crippen molar-refractivity contribution in [1.29, 1.82) is 0 Å². The first-order chi connectivity index (χ1) is 20.3. The third-order valence-corrected chi connectivity index (χ3v) is 8.17. The van der Waals surface area contributed by atoms with Gasteiger partial charge in [-0.15, -0.1) is 13.2 Å². The second-order valence-corrected chi connectivity index (χ2v) is 10.9. The number of piperazine rings is 1. The van der Waals surface area contributed by atoms with Gasteiger partial charge in [-0.25, -0.2) is 9.97 Å². The van der Waals surface area contributed by atoms with Crippen molar-refractivity contribution in [2.75, 3.05) is 36.0 Å². The van der Waals surface area contributed by atoms with E-state index in [-0.39, 0.29) is 11.5 Å². The van der Waals surface area contributed by atoms with Gasteiger partial charge in [0.05, 0.1) is 11.2 Å². The highest BCUT2D eigenvalue weighted by molar-refractivity contribution is 5.96. The molecule has 6 rings (SSSR count). The van der Waals surface area contributed by atoms with Crippen molar-refractivity contribution < 1.29 is 22.7 Å². The maximum Gasteiger partial charge on any atom is 0.573 e. The minimum Gasteiger partial charge on any atom is -0.406 e. The van der Waals surface area contributed by atoms with Crippen LogP contribution in [0.25, 0.3) is 10.9 Å². The standard InChI is InChI=1S/C32H34F3N5O2/c1-2-26-31(40-16-4-3-5-30(40)36-26)28(41)14-7-22-6-13-27-23(21-22)8-15-29(37-27)39-19-17-38(18-20-39)24-9-11-25(12-10-24)42-32(33,34)35/h6,8-13,15,21H,2-5,7,14,16-20H2,1H3. The number of nitrogens with zero attached hydrogens (tertiary/aromatic N) is 5. The lowest BCUT2D eigenvalue weighted by Gasteiger charge is -2.36. The van der Waals surface area contributed by atoms with Crippen molar-refractivity contribution in [3.05, 3.63) is 77.4 Å². The van der Waals surface area contributed by atoms with E-state index in [4.69, 9.17) is 9.97 Å². The molecule has 4 heterocycles. The number of carbonyl (C=O) groups excluding carboxylic acids is 1. The smallest absolute Gasteiger partial charge is 0.406 e. The summed E-state index contributed by atoms with van der Waals surface area (Å²) in [5.74, 6) is 1.91. The van der Waals surface area contributed by atoms with Gasteiger partial charge in [0.2, 0.25) is 0 Å². The average molecular weight is 578 g/mol. The van der Waals surface area contributed by atoms with E-state index in [2.05, 4.69) is 44.2 Å². The molecule has 1 fully saturated rings. The lowest BCUT2D eigenvalue weighted by molar-refractivity contribution is -0.274. The fourth-order valence-electron chi connectivity index (χ4n) is 6.02. The van der Waals surface area contributed by atoms with Crippen LogP contribution in [-0.4, -0.2) is 52.9 Å². The molecule has 7 nitrogen and oxygen atoms in total. The third-order valence-electron chi connectivity index (χ3n) is 8.17. The summed E-state index contributed by atoms with van der Waals surface area (Å²) in [5, 5.41) is 1.04. The normalized spacial score (nSPS) is 15.6. The second-order valence-electron chi connectivity index (χ2n) is 10.9. The van der Waals surface area contributed by atoms with Gasteiger partial charge in [-0.2, -0.15) is 0 Å². The van der Waals surface area contributed by atoms with Crippen molar-refractivity contribution in [3.8, 4) is 5.75 Å². The molecule has 0 amide bonds. The molecule has 42 heavy (non-hydrogen) atoms. The quantitative estimate of drug-likeness (QED) is 0.227. The van der Waals surface area contributed by atoms with Crippen LogP contribution in [0, 0.1) is 0 Å². The first kappa shape index (κ1) is 28.1. The lowest BCUT2D eigenvalue weighted by Crippen LogP contribution is -2.46. The maximum absolute atomic E-state index is 13.3. The van der Waals surface area contributed by atoms with Crippen molar-refractivity contribution in [2.45, 2.75) is 58.4 Å². The largest absolute Gasteiger partial charge is 0.573 e. The maximum atomic E-state index is 13.3. The van der Waals surface area contributed by atoms with Crippen LogP contribution < -0.4 is 14.5 Å². The average Bonchev–Trinajstić information content (AvgIpc) is 3.38. The summed E-state index contributed by atoms with van der Waals surface area (Å²) in [6, 6.07) is 16.3. The fraction of sp³-hybridized carbons (Fsp3) is 0.406. The Balaban J connectivity index is 1.07. The van der Waals surface area contributed by atoms with E-state index in [1.807, 2.05) is 12.1 Å². The highest BCUT2D eigenvalue weighted by Crippen LogP contribution is 2.28. The SMILES string of the molecule is CCc1nc2n(c1C(=O)CCc1ccc3nc(N4CCN(c5ccc(OC(F)(F)F)cc5)CC4)ccc3c1)CCCC2. The molecule has 0 saturated carbocycles. The van der Waals surface area contributed by atoms with Gasteiger partial charge < -0.3 is 19.1 Å². The molecule has 2 aliphatic heterocycles. The van der Waals surface area contributed by atoms with Crippen molar-refractivity contribution in [2.24, 2.45) is 0 Å². The van der Waals surface area contributed by atoms with E-state index in [0.717, 1.165) is 104 Å². The number of imidazole rings is 1. The second kappa shape index (κ2) is 11.7. The molecule has 2 aromatic heterocycles. The van der Waals surface area contributed by atoms with Gasteiger partial charge in [0.25, 0.3) is 0 Å². The van der Waals surface area contributed by atoms with Crippen LogP contribution >= 0.6 is 0 Å². The molecule has 0 aliphatic carbocycles. The van der Waals surface area contributed by atoms with Crippen LogP contribution in [0.2, 0.25) is 0 Å². The minimum atomic E-state index is -4.69. The molecule has 0 spiro atoms. The Morgan fingerprint density at radius 1 is 0.905 bits per heavy atom. The summed E-state index contributed by atoms with van der Waals surface area (Å²) in [7, 11) is 0. The van der Waals surface area contributed by atoms with E-state index in [1.165, 1.54) is 12.1 Å². The fourth-order valence-corrected chi connectivity index (χ4v) is 6.02. The van der Waals surface area contributed by atoms with Gasteiger partial charge in [-0.1, -0.05) is 13.0 Å². The molecule has 1 saturated heterocycles. The van der Waals surface area contributed by atoms with E-state index in [9.17, 15) is 18.0 Å². The number of hydrogen-bond donors (Lipinski definition) is 0. The number of pyridine rings is 1. The first-order valence-corrected chi connectivity index (χ1v) is 14.6. The molecule has 2 aromatic carbocycles. The monoisotopic (exact) mass is 577 g/mol. The Labute approximate surface area is 242 Å². The molecule has 0 radical (unpaired) electrons. The summed E-state index contributed by atoms with van der Waals surface area (Å²) in [4.78, 5) is 27.3. The molecular weight excluding hydrogens is 543 g/mol. The number of rotatable bonds is 8. The zero-order valence-corrected chi connectivity index (χ0v) is 23.7. The third kappa shape index (κ3) is 6.07. The van der Waals surface area contributed by atoms with Gasteiger partial charge in [0, 0.05) is 56.6 Å². The summed E-state index contributed by atoms with van der Waals surface area (Å²) < 4.78 is 43.4. The zero-order chi connectivity index (χ0) is 29.3. The number of Topliss-reactive ketones (excluding diaryl/α,β-unsaturated/α-hetero) is 1. The van der Waals surface area contributed by atoms with E-state index in [0.29, 0.717) is 12.8 Å². The van der Waals surface area contributed by atoms with Crippen LogP contribution in [0.1, 0.15) is 53.8 Å². The summed E-state index contributed by atoms with van der Waals surface area (Å²) in [6.07, 6.45) is 0.392. The van der Waals surface area contributed by atoms with E-state index < -0.39 is 6.36 Å². The number of aromatic nitrogens is 3. The minimum absolute atomic E-state index is 0.172. The Kier molecular flexibility index (Phi) is 7.79. The lowest BCUT2D eigenvalue weighted by atomic mass is 10.0. The van der Waals surface area contributed by atoms with Gasteiger partial charge in [0.15, 0.2) is 5.78 Å². The number of aryl methyl sites for hydroxylation is 3. The first-order valence-electron chi connectivity index (χ1n) is 14.6. The summed E-state index contributed by atoms with van der Waals surface area (Å²) >= 11 is 0. The molecule has 0 unspecified atom stereocenters. The predicted octanol–water partition coefficient (Wildman–Crippen LogP) is 6.37. The Hall–Kier alpha value is -4.08. The number of fused-ring (bicyclic) bond motifs is 2. The summed E-state index contributed by atoms with van der Waals surface area (Å²) in [5.41, 5.74) is 4.62. The molecule has 220 valence electrons. The van der Waals surface area contributed by atoms with Gasteiger partial charge in [0.1, 0.15) is 23.1 Å². The topological polar surface area (TPSA) is 63.5 Å². The zero-order valence-electron chi connectivity index (χ0n) is 23.7. The number of ether oxygens (including phenoxy) is 1. The molecule has 0 bridgehead atoms. The Bertz CT molecular complexity index is 1570. The van der Waals surface area contributed by atoms with Crippen LogP contribution in [0.3, 0.4) is 0 Å². The van der Waals surface area contributed by atoms with Crippen molar-refractivity contribution in [3.63, 3.8) is 0 Å². The molecule has 0 atom stereocenters. The number of benzene rings is 2. The van der Waals surface area contributed by atoms with E-state index in [1.54, 1.807) is 12.1 Å². The summed E-state index contributed by atoms with van der Waals surface area (Å²) in [6.45, 7) is 5.90. The Morgan fingerprint density at radius 2 is 1.67 bits per heavy atom. The number of alkyl halides is 3. The number of ketones is 1. The number of hydrogen-bond acceptors (Lipinski definition) is 6. The Morgan fingerprint density at radius 3 is 2.40 bits per heavy atom. The number of carbonyl (C=O) groups is 1. The number of anilines is 2. The predicted molar refractivity (Wildman–Crippen MR) is 156 cm³/mol. The van der Waals surface area contributed by atoms with Crippen molar-refractivity contribution >= 4 is 28.2 Å². The molecule has 0 N–H and O–H groups in total. The molecular formula is C32H34F3N5O2. The molecule has 4 aromatic rings. The highest BCUT2D eigenvalue weighted by atomic mass is 19.4. The molecule has 2 aliphatic rings. The highest BCUT2D eigenvalue weighted by Gasteiger charge is 2.31. The van der Waals surface area contributed by atoms with Crippen molar-refractivity contribution in [1.82, 2.24) is 14.5 Å². The number of halogens is 3.